The van der Waals surface area contributed by atoms with Crippen LogP contribution in [0, 0.1) is 5.82 Å². The molecule has 1 aromatic carbocycles. The highest BCUT2D eigenvalue weighted by molar-refractivity contribution is 7.84. The summed E-state index contributed by atoms with van der Waals surface area (Å²) in [6, 6.07) is 4.86. The van der Waals surface area contributed by atoms with Crippen LogP contribution < -0.4 is 10.1 Å². The first-order valence-corrected chi connectivity index (χ1v) is 7.47. The van der Waals surface area contributed by atoms with E-state index in [4.69, 9.17) is 4.74 Å². The molecular weight excluding hydrogens is 253 g/mol. The van der Waals surface area contributed by atoms with Gasteiger partial charge in [-0.15, -0.1) is 0 Å². The van der Waals surface area contributed by atoms with Gasteiger partial charge in [-0.2, -0.15) is 0 Å². The Balaban J connectivity index is 2.66. The molecule has 0 aliphatic carbocycles. The molecule has 3 nitrogen and oxygen atoms in total. The highest BCUT2D eigenvalue weighted by Crippen LogP contribution is 2.22. The second kappa shape index (κ2) is 6.85. The molecule has 3 unspecified atom stereocenters. The zero-order valence-corrected chi connectivity index (χ0v) is 12.0. The maximum absolute atomic E-state index is 13.3. The minimum absolute atomic E-state index is 0.0606. The number of benzene rings is 1. The van der Waals surface area contributed by atoms with E-state index < -0.39 is 10.8 Å². The van der Waals surface area contributed by atoms with Crippen molar-refractivity contribution in [2.45, 2.75) is 25.1 Å². The number of nitrogens with one attached hydrogen (secondary N) is 1. The van der Waals surface area contributed by atoms with E-state index >= 15 is 0 Å². The molecule has 0 aromatic heterocycles. The van der Waals surface area contributed by atoms with Crippen LogP contribution in [0.1, 0.15) is 25.5 Å². The van der Waals surface area contributed by atoms with Crippen LogP contribution in [0.3, 0.4) is 0 Å². The minimum atomic E-state index is -0.840. The lowest BCUT2D eigenvalue weighted by molar-refractivity contribution is 0.385. The van der Waals surface area contributed by atoms with Crippen LogP contribution in [-0.2, 0) is 10.8 Å². The molecule has 1 rings (SSSR count). The average Bonchev–Trinajstić information content (AvgIpc) is 2.35. The lowest BCUT2D eigenvalue weighted by atomic mass is 10.1. The summed E-state index contributed by atoms with van der Waals surface area (Å²) >= 11 is 0. The lowest BCUT2D eigenvalue weighted by Gasteiger charge is -2.17. The van der Waals surface area contributed by atoms with Crippen LogP contribution in [0.4, 0.5) is 4.39 Å². The molecule has 3 atom stereocenters. The van der Waals surface area contributed by atoms with Gasteiger partial charge in [0.05, 0.1) is 7.11 Å². The zero-order chi connectivity index (χ0) is 13.7. The first-order valence-electron chi connectivity index (χ1n) is 5.84. The number of hydrogen-bond acceptors (Lipinski definition) is 3. The quantitative estimate of drug-likeness (QED) is 0.864. The highest BCUT2D eigenvalue weighted by Gasteiger charge is 2.12. The molecule has 0 aliphatic rings. The Morgan fingerprint density at radius 3 is 2.67 bits per heavy atom. The Kier molecular flexibility index (Phi) is 5.75. The lowest BCUT2D eigenvalue weighted by Crippen LogP contribution is -2.29. The van der Waals surface area contributed by atoms with E-state index in [1.807, 2.05) is 13.8 Å². The molecule has 0 radical (unpaired) electrons. The van der Waals surface area contributed by atoms with Crippen LogP contribution in [0.2, 0.25) is 0 Å². The van der Waals surface area contributed by atoms with Gasteiger partial charge in [0.25, 0.3) is 0 Å². The van der Waals surface area contributed by atoms with Gasteiger partial charge in [0.2, 0.25) is 0 Å². The molecular formula is C13H20FNO2S. The predicted octanol–water partition coefficient (Wildman–Crippen LogP) is 2.25. The zero-order valence-electron chi connectivity index (χ0n) is 11.2. The number of methoxy groups -OCH3 is 1. The van der Waals surface area contributed by atoms with Gasteiger partial charge in [0, 0.05) is 34.9 Å². The Morgan fingerprint density at radius 1 is 1.44 bits per heavy atom. The van der Waals surface area contributed by atoms with Gasteiger partial charge < -0.3 is 10.1 Å². The van der Waals surface area contributed by atoms with Gasteiger partial charge in [0.15, 0.2) is 11.6 Å². The van der Waals surface area contributed by atoms with Gasteiger partial charge in [-0.25, -0.2) is 4.39 Å². The SMILES string of the molecule is COc1cc(C(C)NCC(C)S(C)=O)ccc1F. The Morgan fingerprint density at radius 2 is 2.11 bits per heavy atom. The third-order valence-electron chi connectivity index (χ3n) is 2.95. The molecule has 102 valence electrons. The number of halogens is 1. The van der Waals surface area contributed by atoms with Crippen molar-refractivity contribution in [3.63, 3.8) is 0 Å². The highest BCUT2D eigenvalue weighted by atomic mass is 32.2. The molecule has 0 heterocycles. The van der Waals surface area contributed by atoms with Crippen molar-refractivity contribution in [2.75, 3.05) is 19.9 Å². The molecule has 0 saturated carbocycles. The number of ether oxygens (including phenoxy) is 1. The molecule has 1 aromatic rings. The van der Waals surface area contributed by atoms with E-state index in [1.54, 1.807) is 18.4 Å². The van der Waals surface area contributed by atoms with E-state index in [2.05, 4.69) is 5.32 Å². The number of hydrogen-bond donors (Lipinski definition) is 1. The number of rotatable bonds is 6. The smallest absolute Gasteiger partial charge is 0.165 e. The van der Waals surface area contributed by atoms with Gasteiger partial charge in [-0.3, -0.25) is 4.21 Å². The van der Waals surface area contributed by atoms with E-state index in [1.165, 1.54) is 13.2 Å². The van der Waals surface area contributed by atoms with Crippen molar-refractivity contribution in [3.05, 3.63) is 29.6 Å². The molecule has 0 fully saturated rings. The topological polar surface area (TPSA) is 38.3 Å². The summed E-state index contributed by atoms with van der Waals surface area (Å²) in [4.78, 5) is 0. The summed E-state index contributed by atoms with van der Waals surface area (Å²) < 4.78 is 29.5. The largest absolute Gasteiger partial charge is 0.494 e. The Labute approximate surface area is 110 Å². The molecule has 0 bridgehead atoms. The fraction of sp³-hybridized carbons (Fsp3) is 0.538. The molecule has 0 spiro atoms. The second-order valence-electron chi connectivity index (χ2n) is 4.33. The van der Waals surface area contributed by atoms with Crippen LogP contribution in [0.25, 0.3) is 0 Å². The molecule has 1 N–H and O–H groups in total. The third-order valence-corrected chi connectivity index (χ3v) is 4.25. The van der Waals surface area contributed by atoms with Crippen molar-refractivity contribution >= 4 is 10.8 Å². The molecule has 0 amide bonds. The van der Waals surface area contributed by atoms with Crippen LogP contribution in [-0.4, -0.2) is 29.4 Å². The Bertz CT molecular complexity index is 425. The first kappa shape index (κ1) is 15.1. The summed E-state index contributed by atoms with van der Waals surface area (Å²) in [6.07, 6.45) is 1.69. The van der Waals surface area contributed by atoms with Crippen molar-refractivity contribution in [2.24, 2.45) is 0 Å². The van der Waals surface area contributed by atoms with Crippen molar-refractivity contribution in [1.82, 2.24) is 5.32 Å². The van der Waals surface area contributed by atoms with Crippen LogP contribution >= 0.6 is 0 Å². The molecule has 18 heavy (non-hydrogen) atoms. The maximum atomic E-state index is 13.3. The summed E-state index contributed by atoms with van der Waals surface area (Å²) in [5, 5.41) is 3.37. The molecule has 5 heteroatoms. The van der Waals surface area contributed by atoms with Crippen LogP contribution in [0.5, 0.6) is 5.75 Å². The normalized spacial score (nSPS) is 16.1. The molecule has 0 saturated heterocycles. The average molecular weight is 273 g/mol. The third kappa shape index (κ3) is 4.07. The van der Waals surface area contributed by atoms with Gasteiger partial charge in [-0.1, -0.05) is 6.07 Å². The molecule has 0 aliphatic heterocycles. The summed E-state index contributed by atoms with van der Waals surface area (Å²) in [5.74, 6) is -0.121. The van der Waals surface area contributed by atoms with E-state index in [9.17, 15) is 8.60 Å². The van der Waals surface area contributed by atoms with E-state index in [-0.39, 0.29) is 22.9 Å². The van der Waals surface area contributed by atoms with Gasteiger partial charge >= 0.3 is 0 Å². The Hall–Kier alpha value is -0.940. The summed E-state index contributed by atoms with van der Waals surface area (Å²) in [5.41, 5.74) is 0.947. The predicted molar refractivity (Wildman–Crippen MR) is 72.9 cm³/mol. The summed E-state index contributed by atoms with van der Waals surface area (Å²) in [6.45, 7) is 4.57. The minimum Gasteiger partial charge on any atom is -0.494 e. The van der Waals surface area contributed by atoms with Crippen molar-refractivity contribution in [1.29, 1.82) is 0 Å². The summed E-state index contributed by atoms with van der Waals surface area (Å²) in [7, 11) is 0.607. The monoisotopic (exact) mass is 273 g/mol. The van der Waals surface area contributed by atoms with Gasteiger partial charge in [0.1, 0.15) is 0 Å². The first-order chi connectivity index (χ1) is 8.45. The maximum Gasteiger partial charge on any atom is 0.165 e. The standard InChI is InChI=1S/C13H20FNO2S/c1-9(18(4)16)8-15-10(2)11-5-6-12(14)13(7-11)17-3/h5-7,9-10,15H,8H2,1-4H3. The second-order valence-corrected chi connectivity index (χ2v) is 6.14. The van der Waals surface area contributed by atoms with Crippen molar-refractivity contribution < 1.29 is 13.3 Å². The van der Waals surface area contributed by atoms with E-state index in [0.717, 1.165) is 5.56 Å². The van der Waals surface area contributed by atoms with Gasteiger partial charge in [-0.05, 0) is 31.5 Å². The van der Waals surface area contributed by atoms with Crippen molar-refractivity contribution in [3.8, 4) is 5.75 Å². The fourth-order valence-electron chi connectivity index (χ4n) is 1.52. The fourth-order valence-corrected chi connectivity index (χ4v) is 1.85. The van der Waals surface area contributed by atoms with E-state index in [0.29, 0.717) is 6.54 Å². The van der Waals surface area contributed by atoms with Crippen LogP contribution in [0.15, 0.2) is 18.2 Å².